The number of halogens is 1. The Kier molecular flexibility index (Phi) is 5.97. The van der Waals surface area contributed by atoms with Gasteiger partial charge < -0.3 is 19.3 Å². The molecule has 1 aliphatic rings. The van der Waals surface area contributed by atoms with Crippen LogP contribution in [0.4, 0.5) is 4.39 Å². The van der Waals surface area contributed by atoms with Gasteiger partial charge in [0.15, 0.2) is 11.7 Å². The minimum atomic E-state index is -0.391. The van der Waals surface area contributed by atoms with E-state index in [1.165, 1.54) is 18.3 Å². The zero-order valence-corrected chi connectivity index (χ0v) is 16.8. The van der Waals surface area contributed by atoms with Crippen molar-refractivity contribution in [2.45, 2.75) is 12.8 Å². The molecule has 1 aliphatic heterocycles. The van der Waals surface area contributed by atoms with Gasteiger partial charge in [-0.2, -0.15) is 0 Å². The van der Waals surface area contributed by atoms with Crippen molar-refractivity contribution in [2.75, 3.05) is 26.2 Å². The summed E-state index contributed by atoms with van der Waals surface area (Å²) in [7, 11) is 0. The number of rotatable bonds is 5. The smallest absolute Gasteiger partial charge is 0.257 e. The van der Waals surface area contributed by atoms with Gasteiger partial charge >= 0.3 is 0 Å². The van der Waals surface area contributed by atoms with Crippen molar-refractivity contribution in [3.8, 4) is 17.1 Å². The summed E-state index contributed by atoms with van der Waals surface area (Å²) in [5.74, 6) is -0.0352. The molecule has 1 aromatic heterocycles. The summed E-state index contributed by atoms with van der Waals surface area (Å²) < 4.78 is 19.5. The van der Waals surface area contributed by atoms with Gasteiger partial charge in [0.1, 0.15) is 11.6 Å². The monoisotopic (exact) mass is 423 g/mol. The number of oxazole rings is 1. The number of para-hydroxylation sites is 1. The van der Waals surface area contributed by atoms with Crippen molar-refractivity contribution in [2.24, 2.45) is 0 Å². The summed E-state index contributed by atoms with van der Waals surface area (Å²) in [5, 5.41) is 9.87. The molecule has 2 aromatic carbocycles. The number of aromatic hydroxyl groups is 1. The maximum Gasteiger partial charge on any atom is 0.257 e. The second-order valence-corrected chi connectivity index (χ2v) is 7.29. The number of aromatic nitrogens is 1. The molecule has 7 nitrogen and oxygen atoms in total. The topological polar surface area (TPSA) is 86.9 Å². The van der Waals surface area contributed by atoms with E-state index in [9.17, 15) is 19.1 Å². The summed E-state index contributed by atoms with van der Waals surface area (Å²) in [6, 6.07) is 12.7. The van der Waals surface area contributed by atoms with Gasteiger partial charge in [-0.1, -0.05) is 24.3 Å². The molecule has 3 aromatic rings. The zero-order chi connectivity index (χ0) is 21.8. The summed E-state index contributed by atoms with van der Waals surface area (Å²) in [6.45, 7) is 1.64. The number of hydrogen-bond acceptors (Lipinski definition) is 5. The molecule has 8 heteroatoms. The maximum absolute atomic E-state index is 13.9. The van der Waals surface area contributed by atoms with E-state index in [-0.39, 0.29) is 29.5 Å². The molecule has 1 fully saturated rings. The predicted molar refractivity (Wildman–Crippen MR) is 111 cm³/mol. The molecular weight excluding hydrogens is 401 g/mol. The molecule has 1 saturated heterocycles. The van der Waals surface area contributed by atoms with E-state index in [0.29, 0.717) is 49.8 Å². The lowest BCUT2D eigenvalue weighted by atomic mass is 10.1. The fraction of sp³-hybridized carbons (Fsp3) is 0.261. The predicted octanol–water partition coefficient (Wildman–Crippen LogP) is 3.10. The van der Waals surface area contributed by atoms with E-state index < -0.39 is 5.82 Å². The van der Waals surface area contributed by atoms with Crippen molar-refractivity contribution < 1.29 is 23.5 Å². The molecule has 0 atom stereocenters. The first-order valence-electron chi connectivity index (χ1n) is 10.1. The molecule has 0 radical (unpaired) electrons. The van der Waals surface area contributed by atoms with Gasteiger partial charge in [0.2, 0.25) is 5.91 Å². The molecule has 160 valence electrons. The SMILES string of the molecule is O=C(CCc1ncc(-c2ccccc2F)o1)N1CCN(C(=O)c2ccccc2O)CC1. The highest BCUT2D eigenvalue weighted by atomic mass is 19.1. The molecule has 0 saturated carbocycles. The quantitative estimate of drug-likeness (QED) is 0.682. The molecular formula is C23H22FN3O4. The van der Waals surface area contributed by atoms with E-state index >= 15 is 0 Å². The first kappa shape index (κ1) is 20.6. The highest BCUT2D eigenvalue weighted by Crippen LogP contribution is 2.24. The number of piperazine rings is 1. The summed E-state index contributed by atoms with van der Waals surface area (Å²) >= 11 is 0. The molecule has 4 rings (SSSR count). The summed E-state index contributed by atoms with van der Waals surface area (Å²) in [4.78, 5) is 32.6. The summed E-state index contributed by atoms with van der Waals surface area (Å²) in [6.07, 6.45) is 1.98. The van der Waals surface area contributed by atoms with Crippen molar-refractivity contribution in [1.82, 2.24) is 14.8 Å². The van der Waals surface area contributed by atoms with Crippen LogP contribution < -0.4 is 0 Å². The number of nitrogens with zero attached hydrogens (tertiary/aromatic N) is 3. The second-order valence-electron chi connectivity index (χ2n) is 7.29. The third-order valence-corrected chi connectivity index (χ3v) is 5.30. The molecule has 0 aliphatic carbocycles. The average molecular weight is 423 g/mol. The molecule has 2 amide bonds. The Hall–Kier alpha value is -3.68. The Morgan fingerprint density at radius 1 is 1.00 bits per heavy atom. The average Bonchev–Trinajstić information content (AvgIpc) is 3.26. The van der Waals surface area contributed by atoms with Gasteiger partial charge in [-0.25, -0.2) is 9.37 Å². The highest BCUT2D eigenvalue weighted by molar-refractivity contribution is 5.97. The lowest BCUT2D eigenvalue weighted by molar-refractivity contribution is -0.132. The van der Waals surface area contributed by atoms with Gasteiger partial charge in [-0.15, -0.1) is 0 Å². The van der Waals surface area contributed by atoms with Gasteiger partial charge in [-0.05, 0) is 24.3 Å². The molecule has 31 heavy (non-hydrogen) atoms. The molecule has 1 N–H and O–H groups in total. The van der Waals surface area contributed by atoms with E-state index in [2.05, 4.69) is 4.98 Å². The Morgan fingerprint density at radius 2 is 1.68 bits per heavy atom. The van der Waals surface area contributed by atoms with Crippen LogP contribution in [0.2, 0.25) is 0 Å². The molecule has 0 unspecified atom stereocenters. The third-order valence-electron chi connectivity index (χ3n) is 5.30. The van der Waals surface area contributed by atoms with Crippen LogP contribution in [0.15, 0.2) is 59.1 Å². The number of carbonyl (C=O) groups is 2. The van der Waals surface area contributed by atoms with Crippen molar-refractivity contribution in [3.05, 3.63) is 72.0 Å². The van der Waals surface area contributed by atoms with Crippen LogP contribution in [0.1, 0.15) is 22.7 Å². The van der Waals surface area contributed by atoms with Crippen LogP contribution in [0.5, 0.6) is 5.75 Å². The lowest BCUT2D eigenvalue weighted by Crippen LogP contribution is -2.50. The van der Waals surface area contributed by atoms with Crippen LogP contribution in [-0.2, 0) is 11.2 Å². The van der Waals surface area contributed by atoms with Gasteiger partial charge in [-0.3, -0.25) is 9.59 Å². The first-order valence-corrected chi connectivity index (χ1v) is 10.1. The lowest BCUT2D eigenvalue weighted by Gasteiger charge is -2.35. The van der Waals surface area contributed by atoms with Crippen LogP contribution in [-0.4, -0.2) is 57.9 Å². The third kappa shape index (κ3) is 4.58. The Labute approximate surface area is 178 Å². The largest absolute Gasteiger partial charge is 0.507 e. The van der Waals surface area contributed by atoms with Crippen LogP contribution in [0.25, 0.3) is 11.3 Å². The minimum Gasteiger partial charge on any atom is -0.507 e. The zero-order valence-electron chi connectivity index (χ0n) is 16.8. The number of hydrogen-bond donors (Lipinski definition) is 1. The maximum atomic E-state index is 13.9. The van der Waals surface area contributed by atoms with Gasteiger partial charge in [0, 0.05) is 39.0 Å². The van der Waals surface area contributed by atoms with Gasteiger partial charge in [0.05, 0.1) is 17.3 Å². The number of phenols is 1. The van der Waals surface area contributed by atoms with Crippen LogP contribution in [0, 0.1) is 5.82 Å². The number of amides is 2. The fourth-order valence-electron chi connectivity index (χ4n) is 3.57. The first-order chi connectivity index (χ1) is 15.0. The normalized spacial score (nSPS) is 14.0. The van der Waals surface area contributed by atoms with E-state index in [0.717, 1.165) is 0 Å². The van der Waals surface area contributed by atoms with E-state index in [4.69, 9.17) is 4.42 Å². The highest BCUT2D eigenvalue weighted by Gasteiger charge is 2.26. The van der Waals surface area contributed by atoms with Crippen LogP contribution >= 0.6 is 0 Å². The minimum absolute atomic E-state index is 0.0493. The van der Waals surface area contributed by atoms with Crippen molar-refractivity contribution in [3.63, 3.8) is 0 Å². The van der Waals surface area contributed by atoms with E-state index in [1.807, 2.05) is 0 Å². The number of phenolic OH excluding ortho intramolecular Hbond substituents is 1. The Bertz CT molecular complexity index is 1090. The Morgan fingerprint density at radius 3 is 2.42 bits per heavy atom. The number of carbonyl (C=O) groups excluding carboxylic acids is 2. The van der Waals surface area contributed by atoms with Crippen LogP contribution in [0.3, 0.4) is 0 Å². The standard InChI is InChI=1S/C23H22FN3O4/c24-18-7-3-1-5-16(18)20-15-25-21(31-20)9-10-22(29)26-11-13-27(14-12-26)23(30)17-6-2-4-8-19(17)28/h1-8,15,28H,9-14H2. The molecule has 0 bridgehead atoms. The van der Waals surface area contributed by atoms with Crippen molar-refractivity contribution >= 4 is 11.8 Å². The second kappa shape index (κ2) is 8.99. The van der Waals surface area contributed by atoms with Crippen molar-refractivity contribution in [1.29, 1.82) is 0 Å². The number of aryl methyl sites for hydroxylation is 1. The fourth-order valence-corrected chi connectivity index (χ4v) is 3.57. The van der Waals surface area contributed by atoms with Gasteiger partial charge in [0.25, 0.3) is 5.91 Å². The summed E-state index contributed by atoms with van der Waals surface area (Å²) in [5.41, 5.74) is 0.592. The Balaban J connectivity index is 1.29. The molecule has 2 heterocycles. The van der Waals surface area contributed by atoms with E-state index in [1.54, 1.807) is 46.2 Å². The molecule has 0 spiro atoms. The number of benzene rings is 2.